The van der Waals surface area contributed by atoms with E-state index in [-0.39, 0.29) is 18.1 Å². The summed E-state index contributed by atoms with van der Waals surface area (Å²) in [5.74, 6) is -0.502. The smallest absolute Gasteiger partial charge is 0.409 e. The number of nitrogens with zero attached hydrogens (tertiary/aromatic N) is 1. The third kappa shape index (κ3) is 2.12. The Labute approximate surface area is 118 Å². The number of fused-ring (bicyclic) bond motifs is 1. The Kier molecular flexibility index (Phi) is 3.48. The second kappa shape index (κ2) is 5.02. The molecular formula is C14H21NO5. The molecule has 112 valence electrons. The predicted octanol–water partition coefficient (Wildman–Crippen LogP) is 0.901. The summed E-state index contributed by atoms with van der Waals surface area (Å²) >= 11 is 0. The summed E-state index contributed by atoms with van der Waals surface area (Å²) in [4.78, 5) is 13.3. The third-order valence-corrected chi connectivity index (χ3v) is 4.73. The standard InChI is InChI=1S/C14H21NO5/c1-18-12(17)15-5-2-11-8-14(19-6-7-20-14)4-3-13(11,9-15)10-16/h2,16H,3-10H2,1H3/t13-/m0/s1. The van der Waals surface area contributed by atoms with Gasteiger partial charge in [0, 0.05) is 31.3 Å². The van der Waals surface area contributed by atoms with Crippen LogP contribution in [0.1, 0.15) is 19.3 Å². The number of rotatable bonds is 1. The number of hydrogen-bond acceptors (Lipinski definition) is 5. The van der Waals surface area contributed by atoms with Crippen molar-refractivity contribution < 1.29 is 24.1 Å². The van der Waals surface area contributed by atoms with Gasteiger partial charge in [-0.2, -0.15) is 0 Å². The van der Waals surface area contributed by atoms with Crippen LogP contribution in [0.15, 0.2) is 11.6 Å². The van der Waals surface area contributed by atoms with E-state index in [1.807, 2.05) is 6.08 Å². The van der Waals surface area contributed by atoms with Crippen molar-refractivity contribution in [2.24, 2.45) is 5.41 Å². The topological polar surface area (TPSA) is 68.2 Å². The maximum absolute atomic E-state index is 11.7. The van der Waals surface area contributed by atoms with Crippen LogP contribution in [0.2, 0.25) is 0 Å². The Hall–Kier alpha value is -1.11. The highest BCUT2D eigenvalue weighted by atomic mass is 16.7. The van der Waals surface area contributed by atoms with Crippen LogP contribution in [0, 0.1) is 5.41 Å². The third-order valence-electron chi connectivity index (χ3n) is 4.73. The number of ether oxygens (including phenoxy) is 3. The van der Waals surface area contributed by atoms with Crippen molar-refractivity contribution >= 4 is 6.09 Å². The van der Waals surface area contributed by atoms with Crippen LogP contribution >= 0.6 is 0 Å². The van der Waals surface area contributed by atoms with Gasteiger partial charge in [0.1, 0.15) is 0 Å². The monoisotopic (exact) mass is 283 g/mol. The van der Waals surface area contributed by atoms with Crippen LogP contribution in [-0.4, -0.2) is 61.9 Å². The molecule has 6 nitrogen and oxygen atoms in total. The van der Waals surface area contributed by atoms with Crippen molar-refractivity contribution in [1.29, 1.82) is 0 Å². The lowest BCUT2D eigenvalue weighted by Crippen LogP contribution is -2.52. The fourth-order valence-electron chi connectivity index (χ4n) is 3.52. The van der Waals surface area contributed by atoms with E-state index < -0.39 is 5.79 Å². The van der Waals surface area contributed by atoms with Gasteiger partial charge in [-0.3, -0.25) is 0 Å². The molecule has 20 heavy (non-hydrogen) atoms. The second-order valence-corrected chi connectivity index (χ2v) is 5.80. The van der Waals surface area contributed by atoms with E-state index >= 15 is 0 Å². The predicted molar refractivity (Wildman–Crippen MR) is 70.1 cm³/mol. The molecule has 0 aromatic heterocycles. The first-order chi connectivity index (χ1) is 9.63. The molecule has 1 amide bonds. The highest BCUT2D eigenvalue weighted by Gasteiger charge is 2.51. The van der Waals surface area contributed by atoms with Crippen molar-refractivity contribution in [1.82, 2.24) is 4.90 Å². The van der Waals surface area contributed by atoms with Crippen LogP contribution in [0.25, 0.3) is 0 Å². The fourth-order valence-corrected chi connectivity index (χ4v) is 3.52. The van der Waals surface area contributed by atoms with E-state index in [1.54, 1.807) is 4.90 Å². The maximum atomic E-state index is 11.7. The molecule has 0 aromatic rings. The molecule has 3 aliphatic rings. The number of aliphatic hydroxyl groups is 1. The highest BCUT2D eigenvalue weighted by molar-refractivity contribution is 5.68. The molecule has 1 spiro atoms. The van der Waals surface area contributed by atoms with Crippen LogP contribution in [0.4, 0.5) is 4.79 Å². The van der Waals surface area contributed by atoms with Gasteiger partial charge in [0.05, 0.1) is 26.9 Å². The molecule has 0 radical (unpaired) electrons. The zero-order chi connectivity index (χ0) is 14.2. The number of aliphatic hydroxyl groups excluding tert-OH is 1. The molecule has 6 heteroatoms. The number of methoxy groups -OCH3 is 1. The fraction of sp³-hybridized carbons (Fsp3) is 0.786. The van der Waals surface area contributed by atoms with Crippen LogP contribution in [0.3, 0.4) is 0 Å². The Bertz CT molecular complexity index is 429. The Morgan fingerprint density at radius 3 is 2.85 bits per heavy atom. The summed E-state index contributed by atoms with van der Waals surface area (Å²) < 4.78 is 16.3. The molecule has 1 saturated heterocycles. The molecular weight excluding hydrogens is 262 g/mol. The van der Waals surface area contributed by atoms with E-state index in [9.17, 15) is 9.90 Å². The Morgan fingerprint density at radius 2 is 2.20 bits per heavy atom. The first-order valence-electron chi connectivity index (χ1n) is 7.04. The van der Waals surface area contributed by atoms with E-state index in [0.29, 0.717) is 32.7 Å². The van der Waals surface area contributed by atoms with Crippen molar-refractivity contribution in [2.45, 2.75) is 25.0 Å². The first kappa shape index (κ1) is 13.9. The number of carbonyl (C=O) groups excluding carboxylic acids is 1. The SMILES string of the molecule is COC(=O)N1CC=C2CC3(CC[C@@]2(CO)C1)OCCO3. The average Bonchev–Trinajstić information content (AvgIpc) is 2.94. The molecule has 3 rings (SSSR count). The number of carbonyl (C=O) groups is 1. The van der Waals surface area contributed by atoms with E-state index in [4.69, 9.17) is 14.2 Å². The molecule has 0 aromatic carbocycles. The molecule has 1 aliphatic carbocycles. The first-order valence-corrected chi connectivity index (χ1v) is 7.04. The van der Waals surface area contributed by atoms with Crippen LogP contribution in [0.5, 0.6) is 0 Å². The summed E-state index contributed by atoms with van der Waals surface area (Å²) in [6, 6.07) is 0. The largest absolute Gasteiger partial charge is 0.453 e. The Morgan fingerprint density at radius 1 is 1.45 bits per heavy atom. The number of amides is 1. The van der Waals surface area contributed by atoms with Gasteiger partial charge in [-0.1, -0.05) is 11.6 Å². The molecule has 2 heterocycles. The molecule has 1 saturated carbocycles. The molecule has 1 atom stereocenters. The minimum Gasteiger partial charge on any atom is -0.453 e. The van der Waals surface area contributed by atoms with Gasteiger partial charge in [0.2, 0.25) is 0 Å². The van der Waals surface area contributed by atoms with E-state index in [0.717, 1.165) is 18.4 Å². The highest BCUT2D eigenvalue weighted by Crippen LogP contribution is 2.49. The van der Waals surface area contributed by atoms with Crippen LogP contribution in [-0.2, 0) is 14.2 Å². The van der Waals surface area contributed by atoms with Gasteiger partial charge in [0.25, 0.3) is 0 Å². The van der Waals surface area contributed by atoms with E-state index in [2.05, 4.69) is 0 Å². The van der Waals surface area contributed by atoms with E-state index in [1.165, 1.54) is 7.11 Å². The summed E-state index contributed by atoms with van der Waals surface area (Å²) in [7, 11) is 1.38. The Balaban J connectivity index is 1.82. The van der Waals surface area contributed by atoms with Gasteiger partial charge in [-0.25, -0.2) is 4.79 Å². The number of hydrogen-bond donors (Lipinski definition) is 1. The molecule has 0 unspecified atom stereocenters. The minimum absolute atomic E-state index is 0.0302. The van der Waals surface area contributed by atoms with Gasteiger partial charge in [-0.05, 0) is 6.42 Å². The summed E-state index contributed by atoms with van der Waals surface area (Å²) in [6.07, 6.45) is 3.86. The lowest BCUT2D eigenvalue weighted by atomic mass is 9.67. The van der Waals surface area contributed by atoms with Crippen molar-refractivity contribution in [3.8, 4) is 0 Å². The molecule has 0 bridgehead atoms. The second-order valence-electron chi connectivity index (χ2n) is 5.80. The van der Waals surface area contributed by atoms with Crippen LogP contribution < -0.4 is 0 Å². The molecule has 1 N–H and O–H groups in total. The summed E-state index contributed by atoms with van der Waals surface area (Å²) in [5.41, 5.74) is 0.779. The van der Waals surface area contributed by atoms with Gasteiger partial charge >= 0.3 is 6.09 Å². The lowest BCUT2D eigenvalue weighted by molar-refractivity contribution is -0.181. The molecule has 2 fully saturated rings. The minimum atomic E-state index is -0.502. The van der Waals surface area contributed by atoms with Gasteiger partial charge in [-0.15, -0.1) is 0 Å². The summed E-state index contributed by atoms with van der Waals surface area (Å²) in [5, 5.41) is 9.88. The average molecular weight is 283 g/mol. The van der Waals surface area contributed by atoms with Crippen molar-refractivity contribution in [2.75, 3.05) is 40.0 Å². The van der Waals surface area contributed by atoms with Crippen molar-refractivity contribution in [3.05, 3.63) is 11.6 Å². The summed E-state index contributed by atoms with van der Waals surface area (Å²) in [6.45, 7) is 2.31. The zero-order valence-corrected chi connectivity index (χ0v) is 11.8. The van der Waals surface area contributed by atoms with Crippen molar-refractivity contribution in [3.63, 3.8) is 0 Å². The lowest BCUT2D eigenvalue weighted by Gasteiger charge is -2.48. The quantitative estimate of drug-likeness (QED) is 0.724. The normalized spacial score (nSPS) is 31.9. The zero-order valence-electron chi connectivity index (χ0n) is 11.8. The van der Waals surface area contributed by atoms with Gasteiger partial charge in [0.15, 0.2) is 5.79 Å². The molecule has 2 aliphatic heterocycles. The maximum Gasteiger partial charge on any atom is 0.409 e. The van der Waals surface area contributed by atoms with Gasteiger partial charge < -0.3 is 24.2 Å².